The van der Waals surface area contributed by atoms with Gasteiger partial charge in [0.15, 0.2) is 0 Å². The molecule has 2 aromatic rings. The summed E-state index contributed by atoms with van der Waals surface area (Å²) in [6.45, 7) is 0. The number of carbonyl (C=O) groups excluding carboxylic acids is 1. The average molecular weight is 203 g/mol. The van der Waals surface area contributed by atoms with E-state index >= 15 is 0 Å². The van der Waals surface area contributed by atoms with Crippen molar-refractivity contribution < 1.29 is 4.79 Å². The second kappa shape index (κ2) is 4.24. The lowest BCUT2D eigenvalue weighted by atomic mass is 10.2. The second-order valence-electron chi connectivity index (χ2n) is 2.82. The number of hydrogen-bond acceptors (Lipinski definition) is 3. The topological polar surface area (TPSA) is 30.0 Å². The lowest BCUT2D eigenvalue weighted by Gasteiger charge is -1.99. The third-order valence-electron chi connectivity index (χ3n) is 1.87. The fourth-order valence-corrected chi connectivity index (χ4v) is 1.81. The van der Waals surface area contributed by atoms with Crippen LogP contribution in [0.4, 0.5) is 0 Å². The highest BCUT2D eigenvalue weighted by Crippen LogP contribution is 2.18. The molecule has 1 aromatic heterocycles. The van der Waals surface area contributed by atoms with E-state index in [0.29, 0.717) is 5.75 Å². The molecule has 0 bridgehead atoms. The Labute approximate surface area is 86.3 Å². The fraction of sp³-hybridized carbons (Fsp3) is 0.0909. The Balaban J connectivity index is 2.36. The van der Waals surface area contributed by atoms with Crippen molar-refractivity contribution in [2.75, 3.05) is 5.75 Å². The van der Waals surface area contributed by atoms with Crippen molar-refractivity contribution in [1.82, 2.24) is 4.98 Å². The van der Waals surface area contributed by atoms with Crippen molar-refractivity contribution in [3.63, 3.8) is 0 Å². The van der Waals surface area contributed by atoms with Crippen molar-refractivity contribution in [1.29, 1.82) is 0 Å². The van der Waals surface area contributed by atoms with Crippen LogP contribution in [0.5, 0.6) is 0 Å². The SMILES string of the molecule is O=CCSc1ccc2ccccc2n1. The molecule has 0 N–H and O–H groups in total. The molecule has 0 spiro atoms. The van der Waals surface area contributed by atoms with Crippen LogP contribution in [0.15, 0.2) is 41.4 Å². The summed E-state index contributed by atoms with van der Waals surface area (Å²) in [6, 6.07) is 11.9. The maximum Gasteiger partial charge on any atom is 0.130 e. The van der Waals surface area contributed by atoms with Crippen molar-refractivity contribution in [2.24, 2.45) is 0 Å². The van der Waals surface area contributed by atoms with E-state index in [2.05, 4.69) is 4.98 Å². The Morgan fingerprint density at radius 2 is 2.07 bits per heavy atom. The first-order valence-corrected chi connectivity index (χ1v) is 5.31. The highest BCUT2D eigenvalue weighted by molar-refractivity contribution is 7.99. The molecule has 0 fully saturated rings. The number of rotatable bonds is 3. The largest absolute Gasteiger partial charge is 0.302 e. The molecule has 0 unspecified atom stereocenters. The van der Waals surface area contributed by atoms with Gasteiger partial charge in [0.1, 0.15) is 6.29 Å². The van der Waals surface area contributed by atoms with Gasteiger partial charge in [-0.05, 0) is 12.1 Å². The van der Waals surface area contributed by atoms with Gasteiger partial charge in [0.05, 0.1) is 16.3 Å². The van der Waals surface area contributed by atoms with Gasteiger partial charge >= 0.3 is 0 Å². The molecule has 0 aliphatic heterocycles. The highest BCUT2D eigenvalue weighted by atomic mass is 32.2. The number of para-hydroxylation sites is 1. The number of aldehydes is 1. The zero-order chi connectivity index (χ0) is 9.80. The number of fused-ring (bicyclic) bond motifs is 1. The third-order valence-corrected chi connectivity index (χ3v) is 2.70. The van der Waals surface area contributed by atoms with Crippen molar-refractivity contribution in [3.05, 3.63) is 36.4 Å². The van der Waals surface area contributed by atoms with E-state index in [0.717, 1.165) is 22.2 Å². The van der Waals surface area contributed by atoms with Gasteiger partial charge < -0.3 is 4.79 Å². The fourth-order valence-electron chi connectivity index (χ4n) is 1.25. The second-order valence-corrected chi connectivity index (χ2v) is 3.86. The average Bonchev–Trinajstić information content (AvgIpc) is 2.26. The number of nitrogens with zero attached hydrogens (tertiary/aromatic N) is 1. The predicted molar refractivity (Wildman–Crippen MR) is 58.5 cm³/mol. The summed E-state index contributed by atoms with van der Waals surface area (Å²) in [4.78, 5) is 14.6. The van der Waals surface area contributed by atoms with Crippen LogP contribution in [0.25, 0.3) is 10.9 Å². The zero-order valence-corrected chi connectivity index (χ0v) is 8.33. The van der Waals surface area contributed by atoms with Crippen molar-refractivity contribution >= 4 is 29.0 Å². The molecule has 70 valence electrons. The zero-order valence-electron chi connectivity index (χ0n) is 7.51. The lowest BCUT2D eigenvalue weighted by Crippen LogP contribution is -1.84. The van der Waals surface area contributed by atoms with E-state index in [9.17, 15) is 4.79 Å². The Hall–Kier alpha value is -1.35. The number of thioether (sulfide) groups is 1. The summed E-state index contributed by atoms with van der Waals surface area (Å²) in [5.41, 5.74) is 0.975. The van der Waals surface area contributed by atoms with Crippen LogP contribution in [0, 0.1) is 0 Å². The van der Waals surface area contributed by atoms with Crippen LogP contribution in [0.2, 0.25) is 0 Å². The van der Waals surface area contributed by atoms with Crippen molar-refractivity contribution in [2.45, 2.75) is 5.03 Å². The van der Waals surface area contributed by atoms with E-state index in [1.807, 2.05) is 36.4 Å². The number of benzene rings is 1. The van der Waals surface area contributed by atoms with E-state index in [1.54, 1.807) is 0 Å². The molecule has 14 heavy (non-hydrogen) atoms. The van der Waals surface area contributed by atoms with E-state index in [4.69, 9.17) is 0 Å². The van der Waals surface area contributed by atoms with Gasteiger partial charge in [0.25, 0.3) is 0 Å². The summed E-state index contributed by atoms with van der Waals surface area (Å²) >= 11 is 1.46. The first-order valence-electron chi connectivity index (χ1n) is 4.32. The first-order chi connectivity index (χ1) is 6.90. The summed E-state index contributed by atoms with van der Waals surface area (Å²) < 4.78 is 0. The van der Waals surface area contributed by atoms with E-state index in [1.165, 1.54) is 11.8 Å². The monoisotopic (exact) mass is 203 g/mol. The van der Waals surface area contributed by atoms with E-state index < -0.39 is 0 Å². The minimum atomic E-state index is 0.464. The molecular weight excluding hydrogens is 194 g/mol. The Morgan fingerprint density at radius 3 is 2.93 bits per heavy atom. The molecule has 0 saturated carbocycles. The third kappa shape index (κ3) is 1.93. The van der Waals surface area contributed by atoms with Crippen LogP contribution >= 0.6 is 11.8 Å². The number of pyridine rings is 1. The Morgan fingerprint density at radius 1 is 1.21 bits per heavy atom. The number of hydrogen-bond donors (Lipinski definition) is 0. The number of carbonyl (C=O) groups is 1. The molecule has 1 aromatic carbocycles. The van der Waals surface area contributed by atoms with Crippen LogP contribution in [-0.2, 0) is 4.79 Å². The standard InChI is InChI=1S/C11H9NOS/c13-7-8-14-11-6-5-9-3-1-2-4-10(9)12-11/h1-7H,8H2. The Kier molecular flexibility index (Phi) is 2.79. The smallest absolute Gasteiger partial charge is 0.130 e. The van der Waals surface area contributed by atoms with E-state index in [-0.39, 0.29) is 0 Å². The first kappa shape index (κ1) is 9.21. The predicted octanol–water partition coefficient (Wildman–Crippen LogP) is 2.53. The van der Waals surface area contributed by atoms with Crippen LogP contribution < -0.4 is 0 Å². The molecule has 0 saturated heterocycles. The maximum atomic E-state index is 10.2. The lowest BCUT2D eigenvalue weighted by molar-refractivity contribution is -0.105. The molecule has 0 radical (unpaired) electrons. The molecule has 3 heteroatoms. The van der Waals surface area contributed by atoms with Crippen LogP contribution in [0.1, 0.15) is 0 Å². The van der Waals surface area contributed by atoms with Gasteiger partial charge in [0.2, 0.25) is 0 Å². The van der Waals surface area contributed by atoms with Gasteiger partial charge in [-0.15, -0.1) is 0 Å². The van der Waals surface area contributed by atoms with Crippen LogP contribution in [0.3, 0.4) is 0 Å². The summed E-state index contributed by atoms with van der Waals surface area (Å²) in [5, 5.41) is 2.03. The highest BCUT2D eigenvalue weighted by Gasteiger charge is 1.97. The molecular formula is C11H9NOS. The summed E-state index contributed by atoms with van der Waals surface area (Å²) in [5.74, 6) is 0.464. The maximum absolute atomic E-state index is 10.2. The van der Waals surface area contributed by atoms with Crippen molar-refractivity contribution in [3.8, 4) is 0 Å². The molecule has 0 amide bonds. The Bertz CT molecular complexity index is 456. The summed E-state index contributed by atoms with van der Waals surface area (Å²) in [6.07, 6.45) is 0.890. The molecule has 2 nitrogen and oxygen atoms in total. The summed E-state index contributed by atoms with van der Waals surface area (Å²) in [7, 11) is 0. The molecule has 0 aliphatic rings. The van der Waals surface area contributed by atoms with Gasteiger partial charge in [-0.25, -0.2) is 4.98 Å². The quantitative estimate of drug-likeness (QED) is 0.567. The minimum Gasteiger partial charge on any atom is -0.302 e. The van der Waals surface area contributed by atoms with Gasteiger partial charge in [-0.2, -0.15) is 0 Å². The van der Waals surface area contributed by atoms with Gasteiger partial charge in [0, 0.05) is 5.39 Å². The normalized spacial score (nSPS) is 10.3. The molecule has 1 heterocycles. The van der Waals surface area contributed by atoms with Gasteiger partial charge in [-0.1, -0.05) is 36.0 Å². The minimum absolute atomic E-state index is 0.464. The van der Waals surface area contributed by atoms with Gasteiger partial charge in [-0.3, -0.25) is 0 Å². The van der Waals surface area contributed by atoms with Crippen LogP contribution in [-0.4, -0.2) is 17.0 Å². The molecule has 2 rings (SSSR count). The molecule has 0 aliphatic carbocycles. The molecule has 0 atom stereocenters. The number of aromatic nitrogens is 1.